The first-order valence-corrected chi connectivity index (χ1v) is 13.4. The number of nitrogens with zero attached hydrogens (tertiary/aromatic N) is 4. The van der Waals surface area contributed by atoms with Gasteiger partial charge in [-0.3, -0.25) is 9.59 Å². The lowest BCUT2D eigenvalue weighted by Gasteiger charge is -2.26. The number of aromatic nitrogens is 2. The minimum absolute atomic E-state index is 0.00846. The van der Waals surface area contributed by atoms with Crippen LogP contribution in [0.5, 0.6) is 0 Å². The van der Waals surface area contributed by atoms with E-state index in [1.54, 1.807) is 50.6 Å². The van der Waals surface area contributed by atoms with E-state index in [2.05, 4.69) is 4.98 Å². The van der Waals surface area contributed by atoms with Crippen LogP contribution in [0.1, 0.15) is 31.1 Å². The van der Waals surface area contributed by atoms with E-state index in [1.165, 1.54) is 16.8 Å². The summed E-state index contributed by atoms with van der Waals surface area (Å²) in [7, 11) is 3.43. The van der Waals surface area contributed by atoms with E-state index in [4.69, 9.17) is 27.9 Å². The molecule has 0 aliphatic heterocycles. The third kappa shape index (κ3) is 6.81. The molecule has 198 valence electrons. The van der Waals surface area contributed by atoms with Crippen molar-refractivity contribution >= 4 is 63.6 Å². The van der Waals surface area contributed by atoms with E-state index in [0.29, 0.717) is 21.4 Å². The topological polar surface area (TPSA) is 67.7 Å². The van der Waals surface area contributed by atoms with Gasteiger partial charge in [-0.2, -0.15) is 0 Å². The average molecular weight is 572 g/mol. The fourth-order valence-corrected chi connectivity index (χ4v) is 5.46. The van der Waals surface area contributed by atoms with E-state index in [-0.39, 0.29) is 18.4 Å². The van der Waals surface area contributed by atoms with Gasteiger partial charge in [-0.25, -0.2) is 4.98 Å². The fraction of sp³-hybridized carbons (Fsp3) is 0.250. The lowest BCUT2D eigenvalue weighted by atomic mass is 10.2. The number of esters is 1. The Morgan fingerprint density at radius 3 is 2.37 bits per heavy atom. The predicted octanol–water partition coefficient (Wildman–Crippen LogP) is 6.89. The molecule has 0 radical (unpaired) electrons. The quantitative estimate of drug-likeness (QED) is 0.178. The highest BCUT2D eigenvalue weighted by molar-refractivity contribution is 8.00. The molecule has 4 aromatic rings. The molecule has 0 aliphatic carbocycles. The van der Waals surface area contributed by atoms with Crippen molar-refractivity contribution in [1.82, 2.24) is 14.5 Å². The molecule has 0 fully saturated rings. The molecule has 2 heterocycles. The molecule has 0 aliphatic rings. The molecule has 0 bridgehead atoms. The Balaban J connectivity index is 1.69. The Labute approximate surface area is 236 Å². The normalized spacial score (nSPS) is 11.4. The Morgan fingerprint density at radius 1 is 1.00 bits per heavy atom. The Kier molecular flexibility index (Phi) is 8.25. The van der Waals surface area contributed by atoms with E-state index in [9.17, 15) is 9.59 Å². The van der Waals surface area contributed by atoms with E-state index in [1.807, 2.05) is 60.1 Å². The number of benzene rings is 2. The van der Waals surface area contributed by atoms with Crippen molar-refractivity contribution in [2.45, 2.75) is 31.3 Å². The maximum absolute atomic E-state index is 12.8. The van der Waals surface area contributed by atoms with Gasteiger partial charge in [-0.15, -0.1) is 0 Å². The summed E-state index contributed by atoms with van der Waals surface area (Å²) < 4.78 is 9.36. The fourth-order valence-electron chi connectivity index (χ4n) is 3.80. The maximum Gasteiger partial charge on any atom is 0.327 e. The zero-order chi connectivity index (χ0) is 27.6. The monoisotopic (exact) mass is 570 g/mol. The zero-order valence-electron chi connectivity index (χ0n) is 21.7. The van der Waals surface area contributed by atoms with Crippen molar-refractivity contribution in [3.63, 3.8) is 0 Å². The number of carbonyl (C=O) groups excluding carboxylic acids is 2. The van der Waals surface area contributed by atoms with Crippen LogP contribution < -0.4 is 4.31 Å². The molecule has 10 heteroatoms. The molecule has 1 amide bonds. The summed E-state index contributed by atoms with van der Waals surface area (Å²) >= 11 is 13.8. The molecule has 4 rings (SSSR count). The Hall–Kier alpha value is -3.20. The molecular formula is C28H28Cl2N4O3S. The first-order valence-electron chi connectivity index (χ1n) is 11.8. The van der Waals surface area contributed by atoms with Crippen molar-refractivity contribution < 1.29 is 14.3 Å². The van der Waals surface area contributed by atoms with Crippen molar-refractivity contribution in [3.05, 3.63) is 82.6 Å². The molecule has 0 saturated carbocycles. The van der Waals surface area contributed by atoms with Crippen LogP contribution in [0.15, 0.2) is 71.9 Å². The van der Waals surface area contributed by atoms with E-state index >= 15 is 0 Å². The second kappa shape index (κ2) is 11.3. The summed E-state index contributed by atoms with van der Waals surface area (Å²) in [5, 5.41) is 1.95. The molecule has 0 atom stereocenters. The number of fused-ring (bicyclic) bond motifs is 1. The number of rotatable bonds is 7. The summed E-state index contributed by atoms with van der Waals surface area (Å²) in [6.07, 6.45) is 3.53. The average Bonchev–Trinajstić information content (AvgIpc) is 3.24. The SMILES string of the molecule is CN(C)C(=O)c1ccnc(-n2ccc3cc(N(CC(=O)OC(C)(C)C)Sc4cc(Cl)cc(Cl)c4)ccc32)c1. The van der Waals surface area contributed by atoms with Gasteiger partial charge in [0, 0.05) is 58.1 Å². The van der Waals surface area contributed by atoms with Gasteiger partial charge in [-0.1, -0.05) is 23.2 Å². The van der Waals surface area contributed by atoms with Crippen molar-refractivity contribution in [1.29, 1.82) is 0 Å². The molecule has 2 aromatic heterocycles. The summed E-state index contributed by atoms with van der Waals surface area (Å²) in [5.74, 6) is 0.180. The summed E-state index contributed by atoms with van der Waals surface area (Å²) in [6.45, 7) is 5.52. The van der Waals surface area contributed by atoms with Crippen LogP contribution in [0, 0.1) is 0 Å². The largest absolute Gasteiger partial charge is 0.459 e. The third-order valence-electron chi connectivity index (χ3n) is 5.35. The predicted molar refractivity (Wildman–Crippen MR) is 155 cm³/mol. The molecule has 0 unspecified atom stereocenters. The smallest absolute Gasteiger partial charge is 0.327 e. The highest BCUT2D eigenvalue weighted by atomic mass is 35.5. The van der Waals surface area contributed by atoms with E-state index in [0.717, 1.165) is 21.5 Å². The Bertz CT molecular complexity index is 1480. The number of hydrogen-bond donors (Lipinski definition) is 0. The van der Waals surface area contributed by atoms with Gasteiger partial charge in [-0.05, 0) is 87.3 Å². The summed E-state index contributed by atoms with van der Waals surface area (Å²) in [6, 6.07) is 16.6. The number of halogens is 2. The van der Waals surface area contributed by atoms with Crippen LogP contribution >= 0.6 is 35.1 Å². The molecular weight excluding hydrogens is 543 g/mol. The van der Waals surface area contributed by atoms with Gasteiger partial charge < -0.3 is 18.5 Å². The first-order chi connectivity index (χ1) is 17.9. The summed E-state index contributed by atoms with van der Waals surface area (Å²) in [5.41, 5.74) is 1.65. The molecule has 0 spiro atoms. The van der Waals surface area contributed by atoms with Gasteiger partial charge in [0.05, 0.1) is 5.52 Å². The number of pyridine rings is 1. The molecule has 0 N–H and O–H groups in total. The van der Waals surface area contributed by atoms with Gasteiger partial charge in [0.25, 0.3) is 5.91 Å². The third-order valence-corrected chi connectivity index (χ3v) is 6.79. The second-order valence-corrected chi connectivity index (χ2v) is 11.8. The standard InChI is InChI=1S/C28H28Cl2N4O3S/c1-28(2,3)37-26(35)17-34(38-23-15-20(29)14-21(30)16-23)22-6-7-24-18(12-22)9-11-33(24)25-13-19(8-10-31-25)27(36)32(4)5/h6-16H,17H2,1-5H3. The number of amides is 1. The summed E-state index contributed by atoms with van der Waals surface area (Å²) in [4.78, 5) is 32.0. The molecule has 7 nitrogen and oxygen atoms in total. The lowest BCUT2D eigenvalue weighted by Crippen LogP contribution is -2.31. The van der Waals surface area contributed by atoms with Gasteiger partial charge in [0.1, 0.15) is 18.0 Å². The van der Waals surface area contributed by atoms with Crippen LogP contribution in [0.3, 0.4) is 0 Å². The van der Waals surface area contributed by atoms with Crippen LogP contribution in [0.2, 0.25) is 10.0 Å². The first kappa shape index (κ1) is 27.8. The van der Waals surface area contributed by atoms with Crippen molar-refractivity contribution in [3.8, 4) is 5.82 Å². The van der Waals surface area contributed by atoms with Crippen molar-refractivity contribution in [2.75, 3.05) is 24.9 Å². The Morgan fingerprint density at radius 2 is 1.71 bits per heavy atom. The number of hydrogen-bond acceptors (Lipinski definition) is 6. The van der Waals surface area contributed by atoms with Crippen LogP contribution in [-0.4, -0.2) is 52.6 Å². The van der Waals surface area contributed by atoms with Crippen LogP contribution in [0.4, 0.5) is 5.69 Å². The number of ether oxygens (including phenoxy) is 1. The number of anilines is 1. The van der Waals surface area contributed by atoms with Crippen LogP contribution in [0.25, 0.3) is 16.7 Å². The maximum atomic E-state index is 12.8. The van der Waals surface area contributed by atoms with Crippen molar-refractivity contribution in [2.24, 2.45) is 0 Å². The van der Waals surface area contributed by atoms with Gasteiger partial charge in [0.2, 0.25) is 0 Å². The second-order valence-electron chi connectivity index (χ2n) is 9.85. The highest BCUT2D eigenvalue weighted by Gasteiger charge is 2.21. The van der Waals surface area contributed by atoms with Crippen LogP contribution in [-0.2, 0) is 9.53 Å². The molecule has 2 aromatic carbocycles. The zero-order valence-corrected chi connectivity index (χ0v) is 24.1. The minimum atomic E-state index is -0.608. The van der Waals surface area contributed by atoms with Gasteiger partial charge >= 0.3 is 5.97 Å². The number of carbonyl (C=O) groups is 2. The van der Waals surface area contributed by atoms with E-state index < -0.39 is 5.60 Å². The highest BCUT2D eigenvalue weighted by Crippen LogP contribution is 2.34. The van der Waals surface area contributed by atoms with Gasteiger partial charge in [0.15, 0.2) is 0 Å². The molecule has 0 saturated heterocycles. The molecule has 38 heavy (non-hydrogen) atoms. The lowest BCUT2D eigenvalue weighted by molar-refractivity contribution is -0.152. The minimum Gasteiger partial charge on any atom is -0.459 e.